The number of hydrogen-bond acceptors (Lipinski definition) is 2. The second kappa shape index (κ2) is 4.62. The van der Waals surface area contributed by atoms with E-state index in [0.29, 0.717) is 11.3 Å². The molecule has 1 atom stereocenters. The molecule has 0 aliphatic rings. The van der Waals surface area contributed by atoms with Gasteiger partial charge >= 0.3 is 0 Å². The molecule has 0 aromatic heterocycles. The monoisotopic (exact) mass is 211 g/mol. The van der Waals surface area contributed by atoms with Crippen LogP contribution < -0.4 is 10.5 Å². The van der Waals surface area contributed by atoms with Crippen molar-refractivity contribution in [1.29, 1.82) is 0 Å². The predicted molar refractivity (Wildman–Crippen MR) is 59.7 cm³/mol. The number of hydrogen-bond donors (Lipinski definition) is 1. The van der Waals surface area contributed by atoms with Crippen LogP contribution in [0.15, 0.2) is 24.3 Å². The molecule has 0 radical (unpaired) electrons. The van der Waals surface area contributed by atoms with Gasteiger partial charge in [-0.1, -0.05) is 26.0 Å². The van der Waals surface area contributed by atoms with Crippen molar-refractivity contribution in [2.45, 2.75) is 19.5 Å². The minimum atomic E-state index is -1.48. The van der Waals surface area contributed by atoms with E-state index < -0.39 is 5.67 Å². The van der Waals surface area contributed by atoms with Crippen molar-refractivity contribution in [3.8, 4) is 5.75 Å². The summed E-state index contributed by atoms with van der Waals surface area (Å²) in [5, 5.41) is 0. The molecule has 0 aliphatic carbocycles. The van der Waals surface area contributed by atoms with Crippen LogP contribution in [0.1, 0.15) is 19.4 Å². The highest BCUT2D eigenvalue weighted by Crippen LogP contribution is 2.34. The Morgan fingerprint density at radius 1 is 1.47 bits per heavy atom. The Labute approximate surface area is 90.2 Å². The van der Waals surface area contributed by atoms with Crippen molar-refractivity contribution in [3.63, 3.8) is 0 Å². The van der Waals surface area contributed by atoms with Crippen molar-refractivity contribution < 1.29 is 9.13 Å². The number of ether oxygens (including phenoxy) is 1. The Kier molecular flexibility index (Phi) is 3.69. The molecule has 2 N–H and O–H groups in total. The van der Waals surface area contributed by atoms with E-state index in [2.05, 4.69) is 0 Å². The smallest absolute Gasteiger partial charge is 0.150 e. The molecule has 0 saturated carbocycles. The van der Waals surface area contributed by atoms with Gasteiger partial charge in [0, 0.05) is 6.54 Å². The van der Waals surface area contributed by atoms with Gasteiger partial charge in [-0.25, -0.2) is 4.39 Å². The van der Waals surface area contributed by atoms with E-state index in [1.165, 1.54) is 0 Å². The summed E-state index contributed by atoms with van der Waals surface area (Å²) in [5.74, 6) is 0.498. The average Bonchev–Trinajstić information content (AvgIpc) is 2.27. The summed E-state index contributed by atoms with van der Waals surface area (Å²) >= 11 is 0. The molecular formula is C12H18FNO. The van der Waals surface area contributed by atoms with E-state index in [-0.39, 0.29) is 12.5 Å². The Bertz CT molecular complexity index is 327. The van der Waals surface area contributed by atoms with Crippen LogP contribution in [0.5, 0.6) is 5.75 Å². The largest absolute Gasteiger partial charge is 0.497 e. The topological polar surface area (TPSA) is 35.2 Å². The molecule has 0 heterocycles. The van der Waals surface area contributed by atoms with Crippen molar-refractivity contribution in [2.24, 2.45) is 11.7 Å². The fourth-order valence-electron chi connectivity index (χ4n) is 1.57. The van der Waals surface area contributed by atoms with Crippen LogP contribution in [0.4, 0.5) is 4.39 Å². The van der Waals surface area contributed by atoms with Gasteiger partial charge in [0.15, 0.2) is 5.67 Å². The lowest BCUT2D eigenvalue weighted by atomic mass is 9.85. The number of benzene rings is 1. The molecule has 84 valence electrons. The summed E-state index contributed by atoms with van der Waals surface area (Å²) in [7, 11) is 1.57. The van der Waals surface area contributed by atoms with E-state index >= 15 is 0 Å². The number of methoxy groups -OCH3 is 1. The first kappa shape index (κ1) is 12.0. The minimum Gasteiger partial charge on any atom is -0.497 e. The molecule has 1 aromatic carbocycles. The van der Waals surface area contributed by atoms with Gasteiger partial charge in [0.25, 0.3) is 0 Å². The zero-order chi connectivity index (χ0) is 11.5. The standard InChI is InChI=1S/C12H18FNO/c1-9(2)12(13,8-14)10-5-4-6-11(7-10)15-3/h4-7,9H,8,14H2,1-3H3. The van der Waals surface area contributed by atoms with Crippen LogP contribution in [0, 0.1) is 5.92 Å². The molecule has 0 aliphatic heterocycles. The molecule has 0 bridgehead atoms. The third-order valence-electron chi connectivity index (χ3n) is 2.76. The van der Waals surface area contributed by atoms with Crippen molar-refractivity contribution in [2.75, 3.05) is 13.7 Å². The average molecular weight is 211 g/mol. The summed E-state index contributed by atoms with van der Waals surface area (Å²) in [5.41, 5.74) is 4.62. The first-order valence-corrected chi connectivity index (χ1v) is 5.08. The van der Waals surface area contributed by atoms with Gasteiger partial charge in [-0.3, -0.25) is 0 Å². The number of rotatable bonds is 4. The lowest BCUT2D eigenvalue weighted by Crippen LogP contribution is -2.35. The molecule has 0 amide bonds. The highest BCUT2D eigenvalue weighted by molar-refractivity contribution is 5.33. The third kappa shape index (κ3) is 2.29. The van der Waals surface area contributed by atoms with E-state index in [4.69, 9.17) is 10.5 Å². The number of nitrogens with two attached hydrogens (primary N) is 1. The van der Waals surface area contributed by atoms with Crippen LogP contribution >= 0.6 is 0 Å². The van der Waals surface area contributed by atoms with E-state index in [0.717, 1.165) is 0 Å². The van der Waals surface area contributed by atoms with Gasteiger partial charge in [0.1, 0.15) is 5.75 Å². The van der Waals surface area contributed by atoms with Gasteiger partial charge < -0.3 is 10.5 Å². The van der Waals surface area contributed by atoms with Crippen molar-refractivity contribution in [1.82, 2.24) is 0 Å². The lowest BCUT2D eigenvalue weighted by molar-refractivity contribution is 0.109. The molecule has 0 saturated heterocycles. The normalized spacial score (nSPS) is 15.1. The molecule has 0 spiro atoms. The fourth-order valence-corrected chi connectivity index (χ4v) is 1.57. The summed E-state index contributed by atoms with van der Waals surface area (Å²) in [6.07, 6.45) is 0. The Morgan fingerprint density at radius 2 is 2.13 bits per heavy atom. The van der Waals surface area contributed by atoms with E-state index in [1.807, 2.05) is 13.8 Å². The van der Waals surface area contributed by atoms with Crippen LogP contribution in [0.25, 0.3) is 0 Å². The predicted octanol–water partition coefficient (Wildman–Crippen LogP) is 2.47. The molecule has 15 heavy (non-hydrogen) atoms. The molecule has 1 aromatic rings. The third-order valence-corrected chi connectivity index (χ3v) is 2.76. The van der Waals surface area contributed by atoms with E-state index in [1.54, 1.807) is 31.4 Å². The second-order valence-corrected chi connectivity index (χ2v) is 3.95. The van der Waals surface area contributed by atoms with Crippen molar-refractivity contribution in [3.05, 3.63) is 29.8 Å². The SMILES string of the molecule is COc1cccc(C(F)(CN)C(C)C)c1. The van der Waals surface area contributed by atoms with Crippen LogP contribution in [0.3, 0.4) is 0 Å². The van der Waals surface area contributed by atoms with Gasteiger partial charge in [0.2, 0.25) is 0 Å². The van der Waals surface area contributed by atoms with Crippen molar-refractivity contribution >= 4 is 0 Å². The van der Waals surface area contributed by atoms with Crippen LogP contribution in [0.2, 0.25) is 0 Å². The van der Waals surface area contributed by atoms with Crippen LogP contribution in [-0.2, 0) is 5.67 Å². The van der Waals surface area contributed by atoms with Crippen LogP contribution in [-0.4, -0.2) is 13.7 Å². The Morgan fingerprint density at radius 3 is 2.60 bits per heavy atom. The molecule has 2 nitrogen and oxygen atoms in total. The summed E-state index contributed by atoms with van der Waals surface area (Å²) in [4.78, 5) is 0. The molecular weight excluding hydrogens is 193 g/mol. The molecule has 1 unspecified atom stereocenters. The fraction of sp³-hybridized carbons (Fsp3) is 0.500. The Balaban J connectivity index is 3.12. The summed E-state index contributed by atoms with van der Waals surface area (Å²) < 4.78 is 19.6. The Hall–Kier alpha value is -1.09. The van der Waals surface area contributed by atoms with Gasteiger partial charge in [-0.05, 0) is 23.6 Å². The van der Waals surface area contributed by atoms with Gasteiger partial charge in [-0.2, -0.15) is 0 Å². The summed E-state index contributed by atoms with van der Waals surface area (Å²) in [6, 6.07) is 7.02. The minimum absolute atomic E-state index is 0.0160. The zero-order valence-electron chi connectivity index (χ0n) is 9.46. The maximum absolute atomic E-state index is 14.5. The second-order valence-electron chi connectivity index (χ2n) is 3.95. The highest BCUT2D eigenvalue weighted by atomic mass is 19.1. The number of halogens is 1. The quantitative estimate of drug-likeness (QED) is 0.830. The van der Waals surface area contributed by atoms with E-state index in [9.17, 15) is 4.39 Å². The molecule has 0 fully saturated rings. The lowest BCUT2D eigenvalue weighted by Gasteiger charge is -2.28. The maximum atomic E-state index is 14.5. The zero-order valence-corrected chi connectivity index (χ0v) is 9.46. The highest BCUT2D eigenvalue weighted by Gasteiger charge is 2.34. The van der Waals surface area contributed by atoms with Gasteiger partial charge in [-0.15, -0.1) is 0 Å². The molecule has 3 heteroatoms. The number of alkyl halides is 1. The summed E-state index contributed by atoms with van der Waals surface area (Å²) in [6.45, 7) is 3.64. The first-order valence-electron chi connectivity index (χ1n) is 5.08. The molecule has 1 rings (SSSR count). The first-order chi connectivity index (χ1) is 7.04. The maximum Gasteiger partial charge on any atom is 0.150 e. The van der Waals surface area contributed by atoms with Gasteiger partial charge in [0.05, 0.1) is 7.11 Å².